The van der Waals surface area contributed by atoms with Crippen molar-refractivity contribution in [1.82, 2.24) is 5.43 Å². The number of nitrogens with zero attached hydrogens (tertiary/aromatic N) is 1. The molecule has 0 saturated heterocycles. The molecule has 0 aliphatic carbocycles. The molecule has 5 nitrogen and oxygen atoms in total. The molecule has 104 valence electrons. The topological polar surface area (TPSA) is 66.6 Å². The number of furan rings is 1. The molecule has 0 aliphatic rings. The van der Waals surface area contributed by atoms with Gasteiger partial charge in [-0.05, 0) is 43.7 Å². The molecule has 0 aliphatic heterocycles. The van der Waals surface area contributed by atoms with Gasteiger partial charge in [-0.25, -0.2) is 5.43 Å². The minimum absolute atomic E-state index is 0.214. The summed E-state index contributed by atoms with van der Waals surface area (Å²) in [7, 11) is 0. The van der Waals surface area contributed by atoms with Crippen LogP contribution < -0.4 is 10.7 Å². The van der Waals surface area contributed by atoms with Crippen molar-refractivity contribution in [3.05, 3.63) is 54.0 Å². The Kier molecular flexibility index (Phi) is 4.55. The molecule has 2 aromatic rings. The Labute approximate surface area is 117 Å². The van der Waals surface area contributed by atoms with Crippen LogP contribution in [-0.2, 0) is 4.79 Å². The van der Waals surface area contributed by atoms with Crippen LogP contribution in [0.25, 0.3) is 0 Å². The van der Waals surface area contributed by atoms with E-state index in [1.807, 2.05) is 31.2 Å². The van der Waals surface area contributed by atoms with Gasteiger partial charge in [-0.3, -0.25) is 4.79 Å². The lowest BCUT2D eigenvalue weighted by Crippen LogP contribution is -2.34. The van der Waals surface area contributed by atoms with Crippen LogP contribution in [0, 0.1) is 6.92 Å². The Morgan fingerprint density at radius 3 is 2.90 bits per heavy atom. The van der Waals surface area contributed by atoms with E-state index in [2.05, 4.69) is 15.8 Å². The van der Waals surface area contributed by atoms with Crippen molar-refractivity contribution in [2.45, 2.75) is 19.9 Å². The van der Waals surface area contributed by atoms with E-state index in [1.54, 1.807) is 25.3 Å². The zero-order valence-corrected chi connectivity index (χ0v) is 11.5. The zero-order chi connectivity index (χ0) is 14.4. The lowest BCUT2D eigenvalue weighted by molar-refractivity contribution is -0.121. The van der Waals surface area contributed by atoms with Crippen molar-refractivity contribution in [3.8, 4) is 0 Å². The van der Waals surface area contributed by atoms with Crippen molar-refractivity contribution in [2.24, 2.45) is 5.10 Å². The van der Waals surface area contributed by atoms with Gasteiger partial charge in [-0.1, -0.05) is 12.1 Å². The Hall–Kier alpha value is -2.56. The highest BCUT2D eigenvalue weighted by Gasteiger charge is 2.11. The van der Waals surface area contributed by atoms with Crippen molar-refractivity contribution in [2.75, 3.05) is 5.32 Å². The van der Waals surface area contributed by atoms with Crippen LogP contribution >= 0.6 is 0 Å². The van der Waals surface area contributed by atoms with E-state index in [1.165, 1.54) is 6.21 Å². The largest absolute Gasteiger partial charge is 0.463 e. The van der Waals surface area contributed by atoms with Gasteiger partial charge in [0.2, 0.25) is 0 Å². The van der Waals surface area contributed by atoms with Gasteiger partial charge >= 0.3 is 0 Å². The predicted octanol–water partition coefficient (Wildman–Crippen LogP) is 2.54. The highest BCUT2D eigenvalue weighted by Crippen LogP contribution is 2.10. The summed E-state index contributed by atoms with van der Waals surface area (Å²) in [6.45, 7) is 3.78. The first-order valence-electron chi connectivity index (χ1n) is 6.35. The Balaban J connectivity index is 1.86. The lowest BCUT2D eigenvalue weighted by atomic mass is 10.2. The molecule has 2 N–H and O–H groups in total. The molecule has 1 aromatic carbocycles. The fourth-order valence-corrected chi connectivity index (χ4v) is 1.67. The van der Waals surface area contributed by atoms with Crippen LogP contribution in [0.5, 0.6) is 0 Å². The lowest BCUT2D eigenvalue weighted by Gasteiger charge is -2.13. The molecule has 0 fully saturated rings. The first-order valence-corrected chi connectivity index (χ1v) is 6.35. The summed E-state index contributed by atoms with van der Waals surface area (Å²) >= 11 is 0. The summed E-state index contributed by atoms with van der Waals surface area (Å²) in [4.78, 5) is 11.8. The molecule has 5 heteroatoms. The molecule has 2 rings (SSSR count). The van der Waals surface area contributed by atoms with E-state index >= 15 is 0 Å². The number of anilines is 1. The molecule has 20 heavy (non-hydrogen) atoms. The minimum atomic E-state index is -0.384. The van der Waals surface area contributed by atoms with Gasteiger partial charge < -0.3 is 9.73 Å². The fraction of sp³-hybridized carbons (Fsp3) is 0.200. The van der Waals surface area contributed by atoms with Crippen LogP contribution in [0.2, 0.25) is 0 Å². The third kappa shape index (κ3) is 3.98. The van der Waals surface area contributed by atoms with Crippen LogP contribution in [0.15, 0.2) is 52.2 Å². The molecule has 1 atom stereocenters. The molecule has 1 aromatic heterocycles. The fourth-order valence-electron chi connectivity index (χ4n) is 1.67. The maximum absolute atomic E-state index is 11.8. The number of aryl methyl sites for hydroxylation is 1. The van der Waals surface area contributed by atoms with Crippen LogP contribution in [-0.4, -0.2) is 18.2 Å². The van der Waals surface area contributed by atoms with Crippen LogP contribution in [0.1, 0.15) is 18.2 Å². The summed E-state index contributed by atoms with van der Waals surface area (Å²) in [6, 6.07) is 11.0. The molecule has 1 amide bonds. The second-order valence-corrected chi connectivity index (χ2v) is 4.49. The zero-order valence-electron chi connectivity index (χ0n) is 11.5. The Bertz CT molecular complexity index is 591. The number of amides is 1. The second kappa shape index (κ2) is 6.56. The number of carbonyl (C=O) groups excluding carboxylic acids is 1. The summed E-state index contributed by atoms with van der Waals surface area (Å²) in [6.07, 6.45) is 3.00. The SMILES string of the molecule is Cc1cccc(N[C@H](C)C(=O)N/N=C\c2ccco2)c1. The molecular formula is C15H17N3O2. The highest BCUT2D eigenvalue weighted by atomic mass is 16.3. The smallest absolute Gasteiger partial charge is 0.262 e. The summed E-state index contributed by atoms with van der Waals surface area (Å²) in [5.41, 5.74) is 4.51. The van der Waals surface area contributed by atoms with Gasteiger partial charge in [0, 0.05) is 5.69 Å². The number of benzene rings is 1. The van der Waals surface area contributed by atoms with Gasteiger partial charge in [-0.15, -0.1) is 0 Å². The van der Waals surface area contributed by atoms with Gasteiger partial charge in [0.25, 0.3) is 5.91 Å². The molecule has 0 radical (unpaired) electrons. The van der Waals surface area contributed by atoms with Crippen LogP contribution in [0.4, 0.5) is 5.69 Å². The number of nitrogens with one attached hydrogen (secondary N) is 2. The maximum atomic E-state index is 11.8. The maximum Gasteiger partial charge on any atom is 0.262 e. The minimum Gasteiger partial charge on any atom is -0.463 e. The molecule has 0 unspecified atom stereocenters. The van der Waals surface area contributed by atoms with Gasteiger partial charge in [0.15, 0.2) is 0 Å². The molecule has 0 spiro atoms. The van der Waals surface area contributed by atoms with Crippen molar-refractivity contribution >= 4 is 17.8 Å². The van der Waals surface area contributed by atoms with Gasteiger partial charge in [0.05, 0.1) is 12.5 Å². The number of hydrogen-bond donors (Lipinski definition) is 2. The predicted molar refractivity (Wildman–Crippen MR) is 78.7 cm³/mol. The monoisotopic (exact) mass is 271 g/mol. The summed E-state index contributed by atoms with van der Waals surface area (Å²) in [5, 5.41) is 6.95. The standard InChI is InChI=1S/C15H17N3O2/c1-11-5-3-6-13(9-11)17-12(2)15(19)18-16-10-14-7-4-8-20-14/h3-10,12,17H,1-2H3,(H,18,19)/b16-10-/t12-/m1/s1. The molecule has 0 bridgehead atoms. The van der Waals surface area contributed by atoms with E-state index in [9.17, 15) is 4.79 Å². The highest BCUT2D eigenvalue weighted by molar-refractivity contribution is 5.85. The molecular weight excluding hydrogens is 254 g/mol. The second-order valence-electron chi connectivity index (χ2n) is 4.49. The Morgan fingerprint density at radius 2 is 2.20 bits per heavy atom. The third-order valence-corrected chi connectivity index (χ3v) is 2.70. The number of carbonyl (C=O) groups is 1. The van der Waals surface area contributed by atoms with Gasteiger partial charge in [-0.2, -0.15) is 5.10 Å². The quantitative estimate of drug-likeness (QED) is 0.648. The van der Waals surface area contributed by atoms with Gasteiger partial charge in [0.1, 0.15) is 11.8 Å². The van der Waals surface area contributed by atoms with E-state index < -0.39 is 0 Å². The van der Waals surface area contributed by atoms with E-state index in [0.717, 1.165) is 11.3 Å². The van der Waals surface area contributed by atoms with Crippen LogP contribution in [0.3, 0.4) is 0 Å². The van der Waals surface area contributed by atoms with Crippen molar-refractivity contribution < 1.29 is 9.21 Å². The molecule has 1 heterocycles. The third-order valence-electron chi connectivity index (χ3n) is 2.70. The normalized spacial score (nSPS) is 12.3. The first-order chi connectivity index (χ1) is 9.65. The number of hydrogen-bond acceptors (Lipinski definition) is 4. The van der Waals surface area contributed by atoms with Crippen molar-refractivity contribution in [1.29, 1.82) is 0 Å². The van der Waals surface area contributed by atoms with E-state index in [4.69, 9.17) is 4.42 Å². The van der Waals surface area contributed by atoms with E-state index in [-0.39, 0.29) is 11.9 Å². The average molecular weight is 271 g/mol. The summed E-state index contributed by atoms with van der Waals surface area (Å²) < 4.78 is 5.07. The van der Waals surface area contributed by atoms with Crippen molar-refractivity contribution in [3.63, 3.8) is 0 Å². The molecule has 0 saturated carbocycles. The number of rotatable bonds is 5. The Morgan fingerprint density at radius 1 is 1.35 bits per heavy atom. The van der Waals surface area contributed by atoms with E-state index in [0.29, 0.717) is 5.76 Å². The summed E-state index contributed by atoms with van der Waals surface area (Å²) in [5.74, 6) is 0.374. The average Bonchev–Trinajstić information content (AvgIpc) is 2.91. The number of hydrazone groups is 1. The first kappa shape index (κ1) is 13.9.